The van der Waals surface area contributed by atoms with Gasteiger partial charge in [0.1, 0.15) is 11.4 Å². The summed E-state index contributed by atoms with van der Waals surface area (Å²) in [6, 6.07) is 5.42. The van der Waals surface area contributed by atoms with E-state index in [0.29, 0.717) is 6.54 Å². The molecule has 0 fully saturated rings. The maximum Gasteiger partial charge on any atom is 0.573 e. The van der Waals surface area contributed by atoms with Crippen molar-refractivity contribution in [3.8, 4) is 5.75 Å². The molecule has 0 aromatic heterocycles. The summed E-state index contributed by atoms with van der Waals surface area (Å²) < 4.78 is 44.8. The summed E-state index contributed by atoms with van der Waals surface area (Å²) in [5.74, 6) is -0.669. The van der Waals surface area contributed by atoms with E-state index in [0.717, 1.165) is 5.56 Å². The predicted octanol–water partition coefficient (Wildman–Crippen LogP) is 3.02. The molecular formula is C14H18F3NO3. The molecule has 1 aromatic carbocycles. The highest BCUT2D eigenvalue weighted by atomic mass is 19.4. The number of hydrogen-bond acceptors (Lipinski definition) is 4. The van der Waals surface area contributed by atoms with Crippen molar-refractivity contribution in [2.75, 3.05) is 6.54 Å². The Bertz CT molecular complexity index is 464. The normalized spacial score (nSPS) is 12.1. The fourth-order valence-electron chi connectivity index (χ4n) is 1.50. The molecule has 0 radical (unpaired) electrons. The Kier molecular flexibility index (Phi) is 5.60. The first-order valence-corrected chi connectivity index (χ1v) is 6.32. The third-order valence-corrected chi connectivity index (χ3v) is 2.18. The summed E-state index contributed by atoms with van der Waals surface area (Å²) in [5, 5.41) is 2.85. The summed E-state index contributed by atoms with van der Waals surface area (Å²) >= 11 is 0. The SMILES string of the molecule is CC(C)(C)OC(=O)CNCc1ccc(OC(F)(F)F)cc1. The van der Waals surface area contributed by atoms with Gasteiger partial charge < -0.3 is 14.8 Å². The number of carbonyl (C=O) groups is 1. The number of benzene rings is 1. The lowest BCUT2D eigenvalue weighted by Crippen LogP contribution is -2.31. The fourth-order valence-corrected chi connectivity index (χ4v) is 1.50. The van der Waals surface area contributed by atoms with Gasteiger partial charge in [-0.25, -0.2) is 0 Å². The van der Waals surface area contributed by atoms with Gasteiger partial charge in [-0.15, -0.1) is 13.2 Å². The number of esters is 1. The molecule has 0 heterocycles. The van der Waals surface area contributed by atoms with Gasteiger partial charge in [-0.2, -0.15) is 0 Å². The zero-order valence-corrected chi connectivity index (χ0v) is 12.1. The Morgan fingerprint density at radius 1 is 1.14 bits per heavy atom. The molecule has 1 aromatic rings. The minimum absolute atomic E-state index is 0.0259. The molecule has 0 aliphatic carbocycles. The van der Waals surface area contributed by atoms with Crippen LogP contribution in [0.4, 0.5) is 13.2 Å². The molecule has 0 spiro atoms. The van der Waals surface area contributed by atoms with Gasteiger partial charge >= 0.3 is 12.3 Å². The summed E-state index contributed by atoms with van der Waals surface area (Å²) in [6.45, 7) is 5.67. The summed E-state index contributed by atoms with van der Waals surface area (Å²) in [6.07, 6.45) is -4.70. The third kappa shape index (κ3) is 8.19. The molecule has 1 rings (SSSR count). The van der Waals surface area contributed by atoms with Crippen molar-refractivity contribution in [2.45, 2.75) is 39.3 Å². The first kappa shape index (κ1) is 17.3. The average Bonchev–Trinajstić information content (AvgIpc) is 2.27. The Morgan fingerprint density at radius 3 is 2.19 bits per heavy atom. The highest BCUT2D eigenvalue weighted by Crippen LogP contribution is 2.22. The molecule has 0 saturated heterocycles. The largest absolute Gasteiger partial charge is 0.573 e. The Hall–Kier alpha value is -1.76. The molecule has 0 amide bonds. The van der Waals surface area contributed by atoms with E-state index in [1.807, 2.05) is 0 Å². The van der Waals surface area contributed by atoms with Gasteiger partial charge in [0, 0.05) is 6.54 Å². The highest BCUT2D eigenvalue weighted by molar-refractivity contribution is 5.72. The van der Waals surface area contributed by atoms with Gasteiger partial charge in [0.05, 0.1) is 6.54 Å². The molecule has 1 N–H and O–H groups in total. The predicted molar refractivity (Wildman–Crippen MR) is 70.7 cm³/mol. The molecule has 0 aliphatic rings. The first-order chi connectivity index (χ1) is 9.55. The zero-order chi connectivity index (χ0) is 16.1. The van der Waals surface area contributed by atoms with Crippen LogP contribution in [0.1, 0.15) is 26.3 Å². The second kappa shape index (κ2) is 6.80. The molecular weight excluding hydrogens is 287 g/mol. The number of nitrogens with one attached hydrogen (secondary N) is 1. The quantitative estimate of drug-likeness (QED) is 0.850. The van der Waals surface area contributed by atoms with Gasteiger partial charge in [-0.1, -0.05) is 12.1 Å². The lowest BCUT2D eigenvalue weighted by Gasteiger charge is -2.19. The van der Waals surface area contributed by atoms with E-state index in [1.54, 1.807) is 20.8 Å². The van der Waals surface area contributed by atoms with Crippen LogP contribution < -0.4 is 10.1 Å². The van der Waals surface area contributed by atoms with E-state index >= 15 is 0 Å². The number of rotatable bonds is 5. The van der Waals surface area contributed by atoms with Crippen LogP contribution in [0, 0.1) is 0 Å². The van der Waals surface area contributed by atoms with Crippen LogP contribution in [-0.4, -0.2) is 24.5 Å². The van der Waals surface area contributed by atoms with E-state index in [1.165, 1.54) is 24.3 Å². The molecule has 0 saturated carbocycles. The highest BCUT2D eigenvalue weighted by Gasteiger charge is 2.30. The van der Waals surface area contributed by atoms with E-state index in [9.17, 15) is 18.0 Å². The molecule has 7 heteroatoms. The van der Waals surface area contributed by atoms with Crippen LogP contribution in [-0.2, 0) is 16.1 Å². The van der Waals surface area contributed by atoms with Crippen LogP contribution in [0.25, 0.3) is 0 Å². The molecule has 0 unspecified atom stereocenters. The Labute approximate surface area is 121 Å². The molecule has 21 heavy (non-hydrogen) atoms. The van der Waals surface area contributed by atoms with Crippen molar-refractivity contribution in [2.24, 2.45) is 0 Å². The lowest BCUT2D eigenvalue weighted by atomic mass is 10.2. The van der Waals surface area contributed by atoms with E-state index in [2.05, 4.69) is 10.1 Å². The van der Waals surface area contributed by atoms with Crippen LogP contribution in [0.5, 0.6) is 5.75 Å². The topological polar surface area (TPSA) is 47.6 Å². The van der Waals surface area contributed by atoms with Gasteiger partial charge in [0.15, 0.2) is 0 Å². The monoisotopic (exact) mass is 305 g/mol. The molecule has 0 atom stereocenters. The number of carbonyl (C=O) groups excluding carboxylic acids is 1. The number of alkyl halides is 3. The molecule has 118 valence electrons. The Balaban J connectivity index is 2.38. The van der Waals surface area contributed by atoms with Gasteiger partial charge in [0.2, 0.25) is 0 Å². The van der Waals surface area contributed by atoms with Crippen LogP contribution in [0.2, 0.25) is 0 Å². The van der Waals surface area contributed by atoms with Crippen molar-refractivity contribution in [3.63, 3.8) is 0 Å². The zero-order valence-electron chi connectivity index (χ0n) is 12.1. The second-order valence-electron chi connectivity index (χ2n) is 5.38. The number of ether oxygens (including phenoxy) is 2. The molecule has 0 bridgehead atoms. The van der Waals surface area contributed by atoms with E-state index in [4.69, 9.17) is 4.74 Å². The van der Waals surface area contributed by atoms with Gasteiger partial charge in [-0.3, -0.25) is 4.79 Å². The standard InChI is InChI=1S/C14H18F3NO3/c1-13(2,3)21-12(19)9-18-8-10-4-6-11(7-5-10)20-14(15,16)17/h4-7,18H,8-9H2,1-3H3. The van der Waals surface area contributed by atoms with E-state index in [-0.39, 0.29) is 18.3 Å². The molecule has 0 aliphatic heterocycles. The van der Waals surface area contributed by atoms with Crippen LogP contribution in [0.3, 0.4) is 0 Å². The van der Waals surface area contributed by atoms with Gasteiger partial charge in [0.25, 0.3) is 0 Å². The van der Waals surface area contributed by atoms with Crippen molar-refractivity contribution in [1.82, 2.24) is 5.32 Å². The van der Waals surface area contributed by atoms with Crippen LogP contribution >= 0.6 is 0 Å². The van der Waals surface area contributed by atoms with Crippen LogP contribution in [0.15, 0.2) is 24.3 Å². The fraction of sp³-hybridized carbons (Fsp3) is 0.500. The van der Waals surface area contributed by atoms with E-state index < -0.39 is 12.0 Å². The average molecular weight is 305 g/mol. The maximum atomic E-state index is 12.0. The summed E-state index contributed by atoms with van der Waals surface area (Å²) in [5.41, 5.74) is 0.183. The first-order valence-electron chi connectivity index (χ1n) is 6.32. The van der Waals surface area contributed by atoms with Crippen molar-refractivity contribution in [1.29, 1.82) is 0 Å². The third-order valence-electron chi connectivity index (χ3n) is 2.18. The number of hydrogen-bond donors (Lipinski definition) is 1. The molecule has 4 nitrogen and oxygen atoms in total. The Morgan fingerprint density at radius 2 is 1.71 bits per heavy atom. The summed E-state index contributed by atoms with van der Waals surface area (Å²) in [4.78, 5) is 11.4. The minimum atomic E-state index is -4.70. The smallest absolute Gasteiger partial charge is 0.459 e. The van der Waals surface area contributed by atoms with Crippen molar-refractivity contribution >= 4 is 5.97 Å². The van der Waals surface area contributed by atoms with Gasteiger partial charge in [-0.05, 0) is 38.5 Å². The second-order valence-corrected chi connectivity index (χ2v) is 5.38. The maximum absolute atomic E-state index is 12.0. The number of halogens is 3. The van der Waals surface area contributed by atoms with Crippen molar-refractivity contribution in [3.05, 3.63) is 29.8 Å². The lowest BCUT2D eigenvalue weighted by molar-refractivity contribution is -0.274. The van der Waals surface area contributed by atoms with Crippen molar-refractivity contribution < 1.29 is 27.4 Å². The summed E-state index contributed by atoms with van der Waals surface area (Å²) in [7, 11) is 0. The minimum Gasteiger partial charge on any atom is -0.459 e.